The highest BCUT2D eigenvalue weighted by Crippen LogP contribution is 2.48. The number of fused-ring (bicyclic) bond motifs is 8. The van der Waals surface area contributed by atoms with Crippen molar-refractivity contribution >= 4 is 65.2 Å². The van der Waals surface area contributed by atoms with Gasteiger partial charge >= 0.3 is 0 Å². The molecular weight excluding hydrogens is 488 g/mol. The van der Waals surface area contributed by atoms with Gasteiger partial charge in [-0.25, -0.2) is 0 Å². The average molecular weight is 511 g/mol. The first-order chi connectivity index (χ1) is 19.9. The van der Waals surface area contributed by atoms with Crippen molar-refractivity contribution in [2.24, 2.45) is 0 Å². The van der Waals surface area contributed by atoms with Crippen LogP contribution in [-0.4, -0.2) is 0 Å². The van der Waals surface area contributed by atoms with Crippen molar-refractivity contribution in [3.05, 3.63) is 134 Å². The van der Waals surface area contributed by atoms with Crippen molar-refractivity contribution in [1.82, 2.24) is 0 Å². The summed E-state index contributed by atoms with van der Waals surface area (Å²) in [5.74, 6) is 0. The summed E-state index contributed by atoms with van der Waals surface area (Å²) in [5, 5.41) is 10.6. The first-order valence-corrected chi connectivity index (χ1v) is 13.6. The van der Waals surface area contributed by atoms with Crippen molar-refractivity contribution < 1.29 is 8.83 Å². The number of furan rings is 2. The van der Waals surface area contributed by atoms with E-state index in [9.17, 15) is 0 Å². The summed E-state index contributed by atoms with van der Waals surface area (Å²) < 4.78 is 12.6. The lowest BCUT2D eigenvalue weighted by molar-refractivity contribution is 0.618. The van der Waals surface area contributed by atoms with E-state index in [4.69, 9.17) is 8.83 Å². The molecule has 0 aliphatic heterocycles. The second-order valence-corrected chi connectivity index (χ2v) is 10.4. The van der Waals surface area contributed by atoms with Crippen LogP contribution in [0.25, 0.3) is 87.5 Å². The minimum absolute atomic E-state index is 0.838. The Morgan fingerprint density at radius 2 is 0.975 bits per heavy atom. The monoisotopic (exact) mass is 510 g/mol. The van der Waals surface area contributed by atoms with Gasteiger partial charge in [-0.1, -0.05) is 109 Å². The van der Waals surface area contributed by atoms with E-state index < -0.39 is 0 Å². The molecule has 186 valence electrons. The predicted octanol–water partition coefficient (Wildman–Crippen LogP) is 11.1. The van der Waals surface area contributed by atoms with Crippen molar-refractivity contribution in [3.8, 4) is 22.3 Å². The predicted molar refractivity (Wildman–Crippen MR) is 167 cm³/mol. The number of para-hydroxylation sites is 1. The zero-order valence-corrected chi connectivity index (χ0v) is 21.5. The first-order valence-electron chi connectivity index (χ1n) is 13.6. The highest BCUT2D eigenvalue weighted by Gasteiger charge is 2.22. The van der Waals surface area contributed by atoms with Gasteiger partial charge in [-0.05, 0) is 72.8 Å². The van der Waals surface area contributed by atoms with Crippen LogP contribution >= 0.6 is 0 Å². The lowest BCUT2D eigenvalue weighted by Gasteiger charge is -2.19. The zero-order valence-electron chi connectivity index (χ0n) is 21.5. The summed E-state index contributed by atoms with van der Waals surface area (Å²) in [6, 6.07) is 45.3. The standard InChI is InChI=1S/C38H22O2/c1-2-12-24-23(10-1)11-9-18-25(24)35-26-13-3-5-15-28(26)36(29-16-6-4-14-27(29)35)32-22-34-37(38-30(32)20-21-39-38)31-17-7-8-19-33(31)40-34/h1-22H. The Bertz CT molecular complexity index is 2370. The highest BCUT2D eigenvalue weighted by atomic mass is 16.3. The molecule has 0 atom stereocenters. The molecule has 40 heavy (non-hydrogen) atoms. The van der Waals surface area contributed by atoms with Crippen LogP contribution in [0.15, 0.2) is 142 Å². The number of rotatable bonds is 2. The van der Waals surface area contributed by atoms with E-state index >= 15 is 0 Å². The summed E-state index contributed by atoms with van der Waals surface area (Å²) in [4.78, 5) is 0. The van der Waals surface area contributed by atoms with E-state index in [0.29, 0.717) is 0 Å². The Labute approximate surface area is 229 Å². The SMILES string of the molecule is c1ccc2c(-c3c4ccccc4c(-c4cc5oc6ccccc6c5c5occc45)c4ccccc34)cccc2c1. The van der Waals surface area contributed by atoms with Crippen LogP contribution in [-0.2, 0) is 0 Å². The second-order valence-electron chi connectivity index (χ2n) is 10.4. The zero-order chi connectivity index (χ0) is 26.2. The Morgan fingerprint density at radius 3 is 1.70 bits per heavy atom. The van der Waals surface area contributed by atoms with Gasteiger partial charge < -0.3 is 8.83 Å². The number of hydrogen-bond donors (Lipinski definition) is 0. The molecule has 0 N–H and O–H groups in total. The second kappa shape index (κ2) is 8.08. The van der Waals surface area contributed by atoms with Crippen LogP contribution < -0.4 is 0 Å². The van der Waals surface area contributed by atoms with Gasteiger partial charge in [0.15, 0.2) is 0 Å². The molecule has 0 amide bonds. The van der Waals surface area contributed by atoms with Crippen molar-refractivity contribution in [3.63, 3.8) is 0 Å². The molecule has 0 fully saturated rings. The lowest BCUT2D eigenvalue weighted by atomic mass is 9.84. The molecule has 2 aromatic heterocycles. The van der Waals surface area contributed by atoms with Gasteiger partial charge in [-0.3, -0.25) is 0 Å². The van der Waals surface area contributed by atoms with Crippen molar-refractivity contribution in [1.29, 1.82) is 0 Å². The molecule has 0 aliphatic carbocycles. The van der Waals surface area contributed by atoms with Gasteiger partial charge in [0.25, 0.3) is 0 Å². The van der Waals surface area contributed by atoms with E-state index in [1.165, 1.54) is 49.0 Å². The largest absolute Gasteiger partial charge is 0.464 e. The van der Waals surface area contributed by atoms with E-state index in [1.807, 2.05) is 18.2 Å². The molecule has 0 spiro atoms. The molecule has 9 aromatic rings. The van der Waals surface area contributed by atoms with Gasteiger partial charge in [0.05, 0.1) is 11.6 Å². The van der Waals surface area contributed by atoms with E-state index in [0.717, 1.165) is 38.5 Å². The van der Waals surface area contributed by atoms with Crippen LogP contribution in [0, 0.1) is 0 Å². The molecular formula is C38H22O2. The third-order valence-electron chi connectivity index (χ3n) is 8.34. The molecule has 0 saturated heterocycles. The van der Waals surface area contributed by atoms with Crippen LogP contribution in [0.1, 0.15) is 0 Å². The van der Waals surface area contributed by atoms with Crippen molar-refractivity contribution in [2.75, 3.05) is 0 Å². The van der Waals surface area contributed by atoms with Crippen molar-refractivity contribution in [2.45, 2.75) is 0 Å². The summed E-state index contributed by atoms with van der Waals surface area (Å²) in [6.07, 6.45) is 1.80. The Kier molecular flexibility index (Phi) is 4.36. The quantitative estimate of drug-likeness (QED) is 0.216. The molecule has 0 aliphatic rings. The van der Waals surface area contributed by atoms with Gasteiger partial charge in [0.2, 0.25) is 0 Å². The molecule has 0 radical (unpaired) electrons. The maximum absolute atomic E-state index is 6.40. The minimum Gasteiger partial charge on any atom is -0.464 e. The molecule has 0 unspecified atom stereocenters. The van der Waals surface area contributed by atoms with Crippen LogP contribution in [0.3, 0.4) is 0 Å². The summed E-state index contributed by atoms with van der Waals surface area (Å²) >= 11 is 0. The molecule has 0 saturated carbocycles. The molecule has 0 bridgehead atoms. The Balaban J connectivity index is 1.48. The summed E-state index contributed by atoms with van der Waals surface area (Å²) in [5.41, 5.74) is 7.40. The molecule has 2 heterocycles. The van der Waals surface area contributed by atoms with Crippen LogP contribution in [0.5, 0.6) is 0 Å². The lowest BCUT2D eigenvalue weighted by Crippen LogP contribution is -1.92. The fourth-order valence-electron chi connectivity index (χ4n) is 6.68. The van der Waals surface area contributed by atoms with Crippen LogP contribution in [0.4, 0.5) is 0 Å². The van der Waals surface area contributed by atoms with Gasteiger partial charge in [0, 0.05) is 10.8 Å². The maximum Gasteiger partial charge on any atom is 0.146 e. The molecule has 9 rings (SSSR count). The van der Waals surface area contributed by atoms with Gasteiger partial charge in [0.1, 0.15) is 16.7 Å². The fraction of sp³-hybridized carbons (Fsp3) is 0. The smallest absolute Gasteiger partial charge is 0.146 e. The first kappa shape index (κ1) is 21.6. The average Bonchev–Trinajstić information content (AvgIpc) is 3.64. The third-order valence-corrected chi connectivity index (χ3v) is 8.34. The molecule has 2 heteroatoms. The summed E-state index contributed by atoms with van der Waals surface area (Å²) in [6.45, 7) is 0. The Hall–Kier alpha value is -5.34. The van der Waals surface area contributed by atoms with E-state index in [2.05, 4.69) is 109 Å². The van der Waals surface area contributed by atoms with Crippen LogP contribution in [0.2, 0.25) is 0 Å². The van der Waals surface area contributed by atoms with Gasteiger partial charge in [-0.15, -0.1) is 0 Å². The van der Waals surface area contributed by atoms with Gasteiger partial charge in [-0.2, -0.15) is 0 Å². The van der Waals surface area contributed by atoms with E-state index in [1.54, 1.807) is 6.26 Å². The van der Waals surface area contributed by atoms with E-state index in [-0.39, 0.29) is 0 Å². The fourth-order valence-corrected chi connectivity index (χ4v) is 6.68. The molecule has 7 aromatic carbocycles. The molecule has 2 nitrogen and oxygen atoms in total. The highest BCUT2D eigenvalue weighted by molar-refractivity contribution is 6.28. The number of benzene rings is 7. The maximum atomic E-state index is 6.40. The Morgan fingerprint density at radius 1 is 0.400 bits per heavy atom. The number of hydrogen-bond acceptors (Lipinski definition) is 2. The minimum atomic E-state index is 0.838. The topological polar surface area (TPSA) is 26.3 Å². The summed E-state index contributed by atoms with van der Waals surface area (Å²) in [7, 11) is 0. The normalized spacial score (nSPS) is 12.0. The third kappa shape index (κ3) is 2.88.